The Bertz CT molecular complexity index is 448. The van der Waals surface area contributed by atoms with Crippen molar-refractivity contribution in [1.29, 1.82) is 0 Å². The van der Waals surface area contributed by atoms with Crippen molar-refractivity contribution < 1.29 is 0 Å². The van der Waals surface area contributed by atoms with Gasteiger partial charge in [-0.2, -0.15) is 5.10 Å². The summed E-state index contributed by atoms with van der Waals surface area (Å²) in [7, 11) is 0. The number of hydrogen-bond acceptors (Lipinski definition) is 5. The highest BCUT2D eigenvalue weighted by atomic mass is 32.1. The minimum absolute atomic E-state index is 0.0248. The predicted octanol–water partition coefficient (Wildman–Crippen LogP) is 1.67. The molecule has 0 fully saturated rings. The highest BCUT2D eigenvalue weighted by Gasteiger charge is 2.14. The van der Waals surface area contributed by atoms with Crippen LogP contribution in [0.25, 0.3) is 0 Å². The fraction of sp³-hybridized carbons (Fsp3) is 0.455. The Morgan fingerprint density at radius 3 is 2.88 bits per heavy atom. The summed E-state index contributed by atoms with van der Waals surface area (Å²) in [5, 5.41) is 6.51. The lowest BCUT2D eigenvalue weighted by Gasteiger charge is -2.11. The summed E-state index contributed by atoms with van der Waals surface area (Å²) in [4.78, 5) is 4.27. The number of nitrogens with two attached hydrogens (primary N) is 1. The molecule has 2 aromatic heterocycles. The Labute approximate surface area is 105 Å². The SMILES string of the molecule is CC(C)n1ccc(CC(NN)c2cscn2)n1. The van der Waals surface area contributed by atoms with E-state index in [9.17, 15) is 0 Å². The summed E-state index contributed by atoms with van der Waals surface area (Å²) in [6.45, 7) is 4.21. The zero-order valence-corrected chi connectivity index (χ0v) is 10.8. The van der Waals surface area contributed by atoms with E-state index in [4.69, 9.17) is 5.84 Å². The molecule has 0 aliphatic carbocycles. The molecule has 0 aromatic carbocycles. The molecule has 1 unspecified atom stereocenters. The first-order chi connectivity index (χ1) is 8.20. The van der Waals surface area contributed by atoms with Gasteiger partial charge in [-0.25, -0.2) is 4.98 Å². The van der Waals surface area contributed by atoms with Crippen molar-refractivity contribution in [3.05, 3.63) is 34.5 Å². The van der Waals surface area contributed by atoms with Gasteiger partial charge in [0.05, 0.1) is 22.9 Å². The molecule has 2 heterocycles. The van der Waals surface area contributed by atoms with E-state index >= 15 is 0 Å². The van der Waals surface area contributed by atoms with Crippen molar-refractivity contribution >= 4 is 11.3 Å². The first-order valence-electron chi connectivity index (χ1n) is 5.59. The van der Waals surface area contributed by atoms with Crippen LogP contribution in [0.4, 0.5) is 0 Å². The molecular formula is C11H17N5S. The molecule has 5 nitrogen and oxygen atoms in total. The topological polar surface area (TPSA) is 68.8 Å². The summed E-state index contributed by atoms with van der Waals surface area (Å²) >= 11 is 1.57. The van der Waals surface area contributed by atoms with E-state index in [1.54, 1.807) is 11.3 Å². The highest BCUT2D eigenvalue weighted by molar-refractivity contribution is 7.07. The fourth-order valence-corrected chi connectivity index (χ4v) is 2.23. The molecule has 1 atom stereocenters. The van der Waals surface area contributed by atoms with E-state index in [1.165, 1.54) is 0 Å². The third-order valence-corrected chi connectivity index (χ3v) is 3.22. The van der Waals surface area contributed by atoms with Gasteiger partial charge in [0.2, 0.25) is 0 Å². The minimum atomic E-state index is 0.0248. The van der Waals surface area contributed by atoms with Crippen LogP contribution in [0.5, 0.6) is 0 Å². The van der Waals surface area contributed by atoms with Crippen molar-refractivity contribution in [2.45, 2.75) is 32.4 Å². The number of hydrogen-bond donors (Lipinski definition) is 2. The summed E-state index contributed by atoms with van der Waals surface area (Å²) in [5.41, 5.74) is 6.59. The second-order valence-electron chi connectivity index (χ2n) is 4.22. The van der Waals surface area contributed by atoms with E-state index in [1.807, 2.05) is 27.8 Å². The second-order valence-corrected chi connectivity index (χ2v) is 4.94. The van der Waals surface area contributed by atoms with Gasteiger partial charge in [-0.1, -0.05) is 0 Å². The normalized spacial score (nSPS) is 13.2. The van der Waals surface area contributed by atoms with Gasteiger partial charge in [-0.3, -0.25) is 16.0 Å². The lowest BCUT2D eigenvalue weighted by molar-refractivity contribution is 0.503. The summed E-state index contributed by atoms with van der Waals surface area (Å²) in [6, 6.07) is 2.43. The van der Waals surface area contributed by atoms with Crippen molar-refractivity contribution in [1.82, 2.24) is 20.2 Å². The Balaban J connectivity index is 2.08. The average molecular weight is 251 g/mol. The van der Waals surface area contributed by atoms with Crippen LogP contribution in [0, 0.1) is 0 Å². The van der Waals surface area contributed by atoms with Crippen LogP contribution < -0.4 is 11.3 Å². The van der Waals surface area contributed by atoms with Crippen molar-refractivity contribution in [2.24, 2.45) is 5.84 Å². The Kier molecular flexibility index (Phi) is 3.88. The van der Waals surface area contributed by atoms with E-state index in [-0.39, 0.29) is 6.04 Å². The van der Waals surface area contributed by atoms with Gasteiger partial charge in [-0.15, -0.1) is 11.3 Å². The first kappa shape index (κ1) is 12.2. The van der Waals surface area contributed by atoms with Crippen LogP contribution in [0.1, 0.15) is 37.3 Å². The minimum Gasteiger partial charge on any atom is -0.271 e. The fourth-order valence-electron chi connectivity index (χ4n) is 1.63. The molecule has 2 aromatic rings. The van der Waals surface area contributed by atoms with Gasteiger partial charge in [-0.05, 0) is 19.9 Å². The Hall–Kier alpha value is -1.24. The maximum atomic E-state index is 5.56. The molecule has 2 rings (SSSR count). The molecule has 0 radical (unpaired) electrons. The number of hydrazine groups is 1. The van der Waals surface area contributed by atoms with E-state index in [2.05, 4.69) is 29.4 Å². The lowest BCUT2D eigenvalue weighted by Crippen LogP contribution is -2.30. The van der Waals surface area contributed by atoms with Crippen LogP contribution in [0.2, 0.25) is 0 Å². The number of rotatable bonds is 5. The van der Waals surface area contributed by atoms with Crippen LogP contribution in [-0.4, -0.2) is 14.8 Å². The largest absolute Gasteiger partial charge is 0.271 e. The van der Waals surface area contributed by atoms with E-state index in [0.29, 0.717) is 6.04 Å². The highest BCUT2D eigenvalue weighted by Crippen LogP contribution is 2.17. The number of thiazole rings is 1. The van der Waals surface area contributed by atoms with Crippen LogP contribution in [-0.2, 0) is 6.42 Å². The van der Waals surface area contributed by atoms with Gasteiger partial charge in [0.15, 0.2) is 0 Å². The molecule has 0 saturated heterocycles. The molecule has 0 bridgehead atoms. The average Bonchev–Trinajstić information content (AvgIpc) is 2.96. The van der Waals surface area contributed by atoms with Gasteiger partial charge in [0.25, 0.3) is 0 Å². The lowest BCUT2D eigenvalue weighted by atomic mass is 10.1. The zero-order valence-electron chi connectivity index (χ0n) is 10.00. The van der Waals surface area contributed by atoms with Crippen molar-refractivity contribution in [3.63, 3.8) is 0 Å². The standard InChI is InChI=1S/C11H17N5S/c1-8(2)16-4-3-9(15-16)5-10(14-12)11-6-17-7-13-11/h3-4,6-8,10,14H,5,12H2,1-2H3. The smallest absolute Gasteiger partial charge is 0.0795 e. The van der Waals surface area contributed by atoms with Crippen LogP contribution >= 0.6 is 11.3 Å². The third kappa shape index (κ3) is 2.91. The molecule has 17 heavy (non-hydrogen) atoms. The molecule has 0 aliphatic heterocycles. The molecule has 3 N–H and O–H groups in total. The van der Waals surface area contributed by atoms with Gasteiger partial charge in [0, 0.05) is 24.0 Å². The van der Waals surface area contributed by atoms with Crippen LogP contribution in [0.15, 0.2) is 23.2 Å². The van der Waals surface area contributed by atoms with E-state index in [0.717, 1.165) is 17.8 Å². The summed E-state index contributed by atoms with van der Waals surface area (Å²) in [5.74, 6) is 5.56. The maximum Gasteiger partial charge on any atom is 0.0795 e. The Morgan fingerprint density at radius 2 is 2.35 bits per heavy atom. The van der Waals surface area contributed by atoms with Gasteiger partial charge < -0.3 is 0 Å². The number of nitrogens with one attached hydrogen (secondary N) is 1. The third-order valence-electron chi connectivity index (χ3n) is 2.62. The van der Waals surface area contributed by atoms with Crippen LogP contribution in [0.3, 0.4) is 0 Å². The second kappa shape index (κ2) is 5.39. The van der Waals surface area contributed by atoms with Crippen molar-refractivity contribution in [2.75, 3.05) is 0 Å². The molecule has 0 amide bonds. The number of aromatic nitrogens is 3. The number of nitrogens with zero attached hydrogens (tertiary/aromatic N) is 3. The first-order valence-corrected chi connectivity index (χ1v) is 6.53. The molecule has 92 valence electrons. The summed E-state index contributed by atoms with van der Waals surface area (Å²) in [6.07, 6.45) is 2.74. The van der Waals surface area contributed by atoms with Crippen molar-refractivity contribution in [3.8, 4) is 0 Å². The Morgan fingerprint density at radius 1 is 1.53 bits per heavy atom. The van der Waals surface area contributed by atoms with Gasteiger partial charge >= 0.3 is 0 Å². The predicted molar refractivity (Wildman–Crippen MR) is 68.5 cm³/mol. The monoisotopic (exact) mass is 251 g/mol. The quantitative estimate of drug-likeness (QED) is 0.626. The maximum absolute atomic E-state index is 5.56. The molecule has 0 aliphatic rings. The van der Waals surface area contributed by atoms with E-state index < -0.39 is 0 Å². The molecular weight excluding hydrogens is 234 g/mol. The zero-order chi connectivity index (χ0) is 12.3. The summed E-state index contributed by atoms with van der Waals surface area (Å²) < 4.78 is 1.95. The van der Waals surface area contributed by atoms with Gasteiger partial charge in [0.1, 0.15) is 0 Å². The molecule has 0 spiro atoms. The molecule has 0 saturated carbocycles. The molecule has 6 heteroatoms.